The lowest BCUT2D eigenvalue weighted by Gasteiger charge is -2.28. The number of alkyl halides is 2. The molecule has 1 aliphatic carbocycles. The summed E-state index contributed by atoms with van der Waals surface area (Å²) in [7, 11) is 0. The lowest BCUT2D eigenvalue weighted by Crippen LogP contribution is -2.21. The molecule has 3 aromatic carbocycles. The smallest absolute Gasteiger partial charge is 0.419 e. The van der Waals surface area contributed by atoms with Gasteiger partial charge in [-0.2, -0.15) is 8.78 Å². The van der Waals surface area contributed by atoms with Crippen LogP contribution >= 0.6 is 0 Å². The van der Waals surface area contributed by atoms with Crippen LogP contribution in [0.25, 0.3) is 17.2 Å². The van der Waals surface area contributed by atoms with Crippen molar-refractivity contribution in [2.75, 3.05) is 0 Å². The fourth-order valence-corrected chi connectivity index (χ4v) is 5.07. The van der Waals surface area contributed by atoms with Crippen LogP contribution in [-0.2, 0) is 0 Å². The molecule has 0 aromatic heterocycles. The molecule has 0 aliphatic heterocycles. The van der Waals surface area contributed by atoms with Crippen molar-refractivity contribution in [2.24, 2.45) is 5.92 Å². The Morgan fingerprint density at radius 3 is 1.97 bits per heavy atom. The Balaban J connectivity index is 1.50. The normalized spacial score (nSPS) is 18.1. The topological polar surface area (TPSA) is 9.23 Å². The predicted octanol–water partition coefficient (Wildman–Crippen LogP) is 9.95. The van der Waals surface area contributed by atoms with Crippen LogP contribution in [0.2, 0.25) is 0 Å². The van der Waals surface area contributed by atoms with Gasteiger partial charge in [0.25, 0.3) is 0 Å². The predicted molar refractivity (Wildman–Crippen MR) is 132 cm³/mol. The molecule has 1 aliphatic rings. The van der Waals surface area contributed by atoms with Gasteiger partial charge in [-0.1, -0.05) is 31.9 Å². The van der Waals surface area contributed by atoms with E-state index < -0.39 is 52.3 Å². The van der Waals surface area contributed by atoms with E-state index in [1.54, 1.807) is 6.07 Å². The molecule has 9 heteroatoms. The van der Waals surface area contributed by atoms with Crippen molar-refractivity contribution in [3.8, 4) is 16.9 Å². The van der Waals surface area contributed by atoms with Crippen LogP contribution < -0.4 is 4.74 Å². The quantitative estimate of drug-likeness (QED) is 0.199. The van der Waals surface area contributed by atoms with Gasteiger partial charge in [0.1, 0.15) is 23.2 Å². The SMILES string of the molecule is CCCC1CCC(c2ccc(-c3cc(F)c(/C=C/C(F)(F)Oc4cc(F)c(F)c(F)c4)c(F)c3)c(F)c2)CC1. The van der Waals surface area contributed by atoms with Crippen molar-refractivity contribution in [2.45, 2.75) is 57.5 Å². The van der Waals surface area contributed by atoms with E-state index in [0.717, 1.165) is 49.8 Å². The summed E-state index contributed by atoms with van der Waals surface area (Å²) in [4.78, 5) is 0. The van der Waals surface area contributed by atoms with E-state index in [4.69, 9.17) is 0 Å². The Bertz CT molecular complexity index is 1310. The average molecular weight is 555 g/mol. The lowest BCUT2D eigenvalue weighted by molar-refractivity contribution is -0.131. The lowest BCUT2D eigenvalue weighted by atomic mass is 9.77. The molecule has 0 amide bonds. The summed E-state index contributed by atoms with van der Waals surface area (Å²) in [5, 5.41) is 0. The van der Waals surface area contributed by atoms with Crippen molar-refractivity contribution in [1.29, 1.82) is 0 Å². The molecule has 0 N–H and O–H groups in total. The molecule has 208 valence electrons. The molecule has 39 heavy (non-hydrogen) atoms. The van der Waals surface area contributed by atoms with Crippen molar-refractivity contribution in [3.05, 3.63) is 94.6 Å². The highest BCUT2D eigenvalue weighted by Gasteiger charge is 2.29. The van der Waals surface area contributed by atoms with E-state index >= 15 is 0 Å². The summed E-state index contributed by atoms with van der Waals surface area (Å²) in [6.45, 7) is 2.15. The number of hydrogen-bond acceptors (Lipinski definition) is 1. The standard InChI is InChI=1S/C30H26F8O/c1-2-3-17-4-6-18(7-5-17)19-8-9-22(24(31)12-19)20-13-25(32)23(26(33)14-20)10-11-30(37,38)39-21-15-27(34)29(36)28(35)16-21/h8-18H,2-7H2,1H3/b11-10+. The van der Waals surface area contributed by atoms with Gasteiger partial charge in [-0.25, -0.2) is 26.3 Å². The van der Waals surface area contributed by atoms with Gasteiger partial charge in [-0.15, -0.1) is 0 Å². The third kappa shape index (κ3) is 6.81. The van der Waals surface area contributed by atoms with E-state index in [9.17, 15) is 35.1 Å². The molecule has 0 spiro atoms. The minimum absolute atomic E-state index is 0.0298. The van der Waals surface area contributed by atoms with E-state index in [-0.39, 0.29) is 35.3 Å². The number of hydrogen-bond donors (Lipinski definition) is 0. The molecule has 4 rings (SSSR count). The Morgan fingerprint density at radius 2 is 1.41 bits per heavy atom. The zero-order valence-corrected chi connectivity index (χ0v) is 21.0. The zero-order chi connectivity index (χ0) is 28.3. The van der Waals surface area contributed by atoms with Crippen LogP contribution in [-0.4, -0.2) is 6.11 Å². The number of benzene rings is 3. The van der Waals surface area contributed by atoms with Crippen LogP contribution in [0.15, 0.2) is 48.5 Å². The zero-order valence-electron chi connectivity index (χ0n) is 21.0. The summed E-state index contributed by atoms with van der Waals surface area (Å²) in [6.07, 6.45) is 2.48. The van der Waals surface area contributed by atoms with Gasteiger partial charge in [0.2, 0.25) is 0 Å². The maximum absolute atomic E-state index is 15.0. The van der Waals surface area contributed by atoms with Crippen LogP contribution in [0.4, 0.5) is 35.1 Å². The van der Waals surface area contributed by atoms with Gasteiger partial charge in [-0.05, 0) is 72.9 Å². The minimum atomic E-state index is -4.26. The summed E-state index contributed by atoms with van der Waals surface area (Å²) < 4.78 is 116. The fourth-order valence-electron chi connectivity index (χ4n) is 5.07. The molecular weight excluding hydrogens is 528 g/mol. The molecule has 1 saturated carbocycles. The van der Waals surface area contributed by atoms with Gasteiger partial charge in [0, 0.05) is 29.3 Å². The highest BCUT2D eigenvalue weighted by atomic mass is 19.3. The Labute approximate surface area is 221 Å². The fraction of sp³-hybridized carbons (Fsp3) is 0.333. The highest BCUT2D eigenvalue weighted by Crippen LogP contribution is 2.39. The molecule has 0 bridgehead atoms. The molecule has 1 nitrogen and oxygen atoms in total. The van der Waals surface area contributed by atoms with E-state index in [1.165, 1.54) is 18.6 Å². The van der Waals surface area contributed by atoms with Gasteiger partial charge in [0.15, 0.2) is 17.5 Å². The number of halogens is 8. The molecule has 0 atom stereocenters. The second kappa shape index (κ2) is 11.8. The minimum Gasteiger partial charge on any atom is -0.429 e. The maximum Gasteiger partial charge on any atom is 0.419 e. The molecule has 0 unspecified atom stereocenters. The maximum atomic E-state index is 15.0. The van der Waals surface area contributed by atoms with E-state index in [0.29, 0.717) is 12.0 Å². The van der Waals surface area contributed by atoms with Crippen LogP contribution in [0, 0.1) is 40.8 Å². The Hall–Kier alpha value is -3.36. The van der Waals surface area contributed by atoms with Gasteiger partial charge < -0.3 is 4.74 Å². The molecule has 1 fully saturated rings. The highest BCUT2D eigenvalue weighted by molar-refractivity contribution is 5.67. The van der Waals surface area contributed by atoms with Gasteiger partial charge in [-0.3, -0.25) is 0 Å². The molecule has 0 heterocycles. The first-order chi connectivity index (χ1) is 18.5. The number of rotatable bonds is 8. The van der Waals surface area contributed by atoms with Crippen molar-refractivity contribution < 1.29 is 39.9 Å². The molecule has 3 aromatic rings. The van der Waals surface area contributed by atoms with Crippen molar-refractivity contribution in [3.63, 3.8) is 0 Å². The first-order valence-corrected chi connectivity index (χ1v) is 12.7. The van der Waals surface area contributed by atoms with E-state index in [1.807, 2.05) is 0 Å². The third-order valence-corrected chi connectivity index (χ3v) is 7.05. The summed E-state index contributed by atoms with van der Waals surface area (Å²) in [5.41, 5.74) is -0.187. The molecular formula is C30H26F8O. The van der Waals surface area contributed by atoms with Crippen molar-refractivity contribution in [1.82, 2.24) is 0 Å². The number of ether oxygens (including phenoxy) is 1. The second-order valence-electron chi connectivity index (χ2n) is 9.80. The van der Waals surface area contributed by atoms with E-state index in [2.05, 4.69) is 11.7 Å². The second-order valence-corrected chi connectivity index (χ2v) is 9.80. The molecule has 0 radical (unpaired) electrons. The summed E-state index contributed by atoms with van der Waals surface area (Å²) in [6, 6.07) is 6.62. The van der Waals surface area contributed by atoms with Crippen LogP contribution in [0.5, 0.6) is 5.75 Å². The van der Waals surface area contributed by atoms with Gasteiger partial charge in [0.05, 0.1) is 0 Å². The third-order valence-electron chi connectivity index (χ3n) is 7.05. The average Bonchev–Trinajstić information content (AvgIpc) is 2.87. The Morgan fingerprint density at radius 1 is 0.795 bits per heavy atom. The van der Waals surface area contributed by atoms with Crippen LogP contribution in [0.3, 0.4) is 0 Å². The summed E-state index contributed by atoms with van der Waals surface area (Å²) in [5.74, 6) is -8.64. The first kappa shape index (κ1) is 28.6. The largest absolute Gasteiger partial charge is 0.429 e. The van der Waals surface area contributed by atoms with Crippen LogP contribution in [0.1, 0.15) is 62.5 Å². The van der Waals surface area contributed by atoms with Gasteiger partial charge >= 0.3 is 6.11 Å². The first-order valence-electron chi connectivity index (χ1n) is 12.7. The summed E-state index contributed by atoms with van der Waals surface area (Å²) >= 11 is 0. The monoisotopic (exact) mass is 554 g/mol. The van der Waals surface area contributed by atoms with Crippen molar-refractivity contribution >= 4 is 6.08 Å². The molecule has 0 saturated heterocycles. The Kier molecular flexibility index (Phi) is 8.67.